The maximum Gasteiger partial charge on any atom is 0.268 e. The van der Waals surface area contributed by atoms with Gasteiger partial charge < -0.3 is 5.32 Å². The topological polar surface area (TPSA) is 76.9 Å². The SMILES string of the molecule is O=C(CSc1nc2c(c(=O)n1Cc1ccccc1)SCC2)Nc1nc2ccccc2s1. The molecular formula is C22H18N4O2S3. The Kier molecular flexibility index (Phi) is 5.80. The van der Waals surface area contributed by atoms with Crippen LogP contribution in [-0.4, -0.2) is 31.9 Å². The van der Waals surface area contributed by atoms with Crippen molar-refractivity contribution >= 4 is 56.1 Å². The van der Waals surface area contributed by atoms with Crippen LogP contribution in [0, 0.1) is 0 Å². The molecule has 3 heterocycles. The fourth-order valence-electron chi connectivity index (χ4n) is 3.35. The van der Waals surface area contributed by atoms with Crippen LogP contribution in [-0.2, 0) is 17.8 Å². The predicted molar refractivity (Wildman–Crippen MR) is 127 cm³/mol. The number of benzene rings is 2. The number of rotatable bonds is 6. The first-order valence-corrected chi connectivity index (χ1v) is 12.5. The summed E-state index contributed by atoms with van der Waals surface area (Å²) in [6.07, 6.45) is 0.785. The van der Waals surface area contributed by atoms with Crippen LogP contribution in [0.2, 0.25) is 0 Å². The van der Waals surface area contributed by atoms with Gasteiger partial charge >= 0.3 is 0 Å². The molecule has 5 rings (SSSR count). The lowest BCUT2D eigenvalue weighted by molar-refractivity contribution is -0.113. The molecule has 0 saturated carbocycles. The van der Waals surface area contributed by atoms with E-state index in [2.05, 4.69) is 10.3 Å². The molecule has 0 saturated heterocycles. The molecular weight excluding hydrogens is 448 g/mol. The first-order valence-electron chi connectivity index (χ1n) is 9.76. The van der Waals surface area contributed by atoms with Crippen LogP contribution in [0.4, 0.5) is 5.13 Å². The minimum Gasteiger partial charge on any atom is -0.301 e. The number of nitrogens with zero attached hydrogens (tertiary/aromatic N) is 3. The summed E-state index contributed by atoms with van der Waals surface area (Å²) < 4.78 is 2.71. The number of nitrogens with one attached hydrogen (secondary N) is 1. The van der Waals surface area contributed by atoms with E-state index < -0.39 is 0 Å². The molecule has 31 heavy (non-hydrogen) atoms. The average molecular weight is 467 g/mol. The van der Waals surface area contributed by atoms with E-state index in [9.17, 15) is 9.59 Å². The summed E-state index contributed by atoms with van der Waals surface area (Å²) >= 11 is 4.30. The van der Waals surface area contributed by atoms with Gasteiger partial charge in [-0.1, -0.05) is 65.6 Å². The number of carbonyl (C=O) groups excluding carboxylic acids is 1. The molecule has 2 aromatic heterocycles. The molecule has 0 bridgehead atoms. The van der Waals surface area contributed by atoms with Gasteiger partial charge in [-0.2, -0.15) is 0 Å². The van der Waals surface area contributed by atoms with Crippen molar-refractivity contribution < 1.29 is 4.79 Å². The van der Waals surface area contributed by atoms with Crippen LogP contribution in [0.5, 0.6) is 0 Å². The molecule has 0 radical (unpaired) electrons. The van der Waals surface area contributed by atoms with Crippen molar-refractivity contribution in [2.45, 2.75) is 23.0 Å². The standard InChI is InChI=1S/C22H18N4O2S3/c27-18(25-21-23-15-8-4-5-9-17(15)31-21)13-30-22-24-16-10-11-29-19(16)20(28)26(22)12-14-6-2-1-3-7-14/h1-9H,10-13H2,(H,23,25,27). The van der Waals surface area contributed by atoms with Crippen LogP contribution in [0.25, 0.3) is 10.2 Å². The number of para-hydroxylation sites is 1. The first kappa shape index (κ1) is 20.3. The normalized spacial score (nSPS) is 12.8. The van der Waals surface area contributed by atoms with Crippen LogP contribution in [0.15, 0.2) is 69.4 Å². The van der Waals surface area contributed by atoms with Gasteiger partial charge in [-0.15, -0.1) is 11.8 Å². The molecule has 0 fully saturated rings. The van der Waals surface area contributed by atoms with E-state index in [1.54, 1.807) is 16.3 Å². The summed E-state index contributed by atoms with van der Waals surface area (Å²) in [5, 5.41) is 4.02. The Hall–Kier alpha value is -2.62. The Morgan fingerprint density at radius 2 is 1.90 bits per heavy atom. The van der Waals surface area contributed by atoms with Crippen molar-refractivity contribution in [1.29, 1.82) is 0 Å². The highest BCUT2D eigenvalue weighted by Gasteiger charge is 2.22. The van der Waals surface area contributed by atoms with Crippen LogP contribution in [0.1, 0.15) is 11.3 Å². The van der Waals surface area contributed by atoms with Crippen LogP contribution < -0.4 is 10.9 Å². The van der Waals surface area contributed by atoms with Crippen LogP contribution in [0.3, 0.4) is 0 Å². The number of aryl methyl sites for hydroxylation is 1. The quantitative estimate of drug-likeness (QED) is 0.338. The molecule has 0 atom stereocenters. The molecule has 9 heteroatoms. The average Bonchev–Trinajstić information content (AvgIpc) is 3.41. The van der Waals surface area contributed by atoms with Gasteiger partial charge in [-0.25, -0.2) is 9.97 Å². The molecule has 156 valence electrons. The number of fused-ring (bicyclic) bond motifs is 2. The van der Waals surface area contributed by atoms with Gasteiger partial charge in [0.25, 0.3) is 5.56 Å². The second kappa shape index (κ2) is 8.86. The zero-order valence-electron chi connectivity index (χ0n) is 16.4. The Morgan fingerprint density at radius 1 is 1.10 bits per heavy atom. The fraction of sp³-hybridized carbons (Fsp3) is 0.182. The first-order chi connectivity index (χ1) is 15.2. The van der Waals surface area contributed by atoms with Gasteiger partial charge in [-0.05, 0) is 17.7 Å². The maximum atomic E-state index is 13.1. The lowest BCUT2D eigenvalue weighted by atomic mass is 10.2. The molecule has 0 unspecified atom stereocenters. The summed E-state index contributed by atoms with van der Waals surface area (Å²) in [5.41, 5.74) is 2.71. The molecule has 0 aliphatic carbocycles. The maximum absolute atomic E-state index is 13.1. The number of anilines is 1. The molecule has 1 aliphatic heterocycles. The van der Waals surface area contributed by atoms with Crippen LogP contribution >= 0.6 is 34.9 Å². The Labute approximate surface area is 191 Å². The van der Waals surface area contributed by atoms with E-state index >= 15 is 0 Å². The van der Waals surface area contributed by atoms with Gasteiger partial charge in [0.2, 0.25) is 5.91 Å². The Bertz CT molecular complexity index is 1280. The zero-order chi connectivity index (χ0) is 21.2. The highest BCUT2D eigenvalue weighted by Crippen LogP contribution is 2.29. The second-order valence-corrected chi connectivity index (χ2v) is 10.0. The minimum absolute atomic E-state index is 0.0227. The van der Waals surface area contributed by atoms with Crippen molar-refractivity contribution in [1.82, 2.24) is 14.5 Å². The van der Waals surface area contributed by atoms with Gasteiger partial charge in [0.15, 0.2) is 10.3 Å². The third-order valence-electron chi connectivity index (χ3n) is 4.80. The molecule has 6 nitrogen and oxygen atoms in total. The van der Waals surface area contributed by atoms with E-state index in [1.165, 1.54) is 23.1 Å². The number of hydrogen-bond donors (Lipinski definition) is 1. The smallest absolute Gasteiger partial charge is 0.268 e. The van der Waals surface area contributed by atoms with Crippen molar-refractivity contribution in [2.75, 3.05) is 16.8 Å². The highest BCUT2D eigenvalue weighted by atomic mass is 32.2. The highest BCUT2D eigenvalue weighted by molar-refractivity contribution is 8.00. The number of amides is 1. The van der Waals surface area contributed by atoms with Crippen molar-refractivity contribution in [3.63, 3.8) is 0 Å². The second-order valence-electron chi connectivity index (χ2n) is 6.97. The summed E-state index contributed by atoms with van der Waals surface area (Å²) in [6.45, 7) is 0.433. The van der Waals surface area contributed by atoms with E-state index in [0.717, 1.165) is 38.5 Å². The van der Waals surface area contributed by atoms with Gasteiger partial charge in [-0.3, -0.25) is 14.2 Å². The number of thioether (sulfide) groups is 2. The zero-order valence-corrected chi connectivity index (χ0v) is 18.9. The summed E-state index contributed by atoms with van der Waals surface area (Å²) in [5.74, 6) is 0.859. The van der Waals surface area contributed by atoms with Crippen molar-refractivity contribution in [2.24, 2.45) is 0 Å². The van der Waals surface area contributed by atoms with Crippen molar-refractivity contribution in [3.05, 3.63) is 76.2 Å². The summed E-state index contributed by atoms with van der Waals surface area (Å²) in [6, 6.07) is 17.6. The van der Waals surface area contributed by atoms with E-state index in [4.69, 9.17) is 4.98 Å². The minimum atomic E-state index is -0.167. The summed E-state index contributed by atoms with van der Waals surface area (Å²) in [7, 11) is 0. The third kappa shape index (κ3) is 4.39. The molecule has 1 amide bonds. The number of hydrogen-bond acceptors (Lipinski definition) is 7. The molecule has 2 aromatic carbocycles. The Morgan fingerprint density at radius 3 is 2.74 bits per heavy atom. The molecule has 1 N–H and O–H groups in total. The Balaban J connectivity index is 1.36. The number of aromatic nitrogens is 3. The van der Waals surface area contributed by atoms with E-state index in [-0.39, 0.29) is 17.2 Å². The number of thiazole rings is 1. The molecule has 0 spiro atoms. The number of carbonyl (C=O) groups is 1. The van der Waals surface area contributed by atoms with Gasteiger partial charge in [0.1, 0.15) is 0 Å². The molecule has 1 aliphatic rings. The third-order valence-corrected chi connectivity index (χ3v) is 7.84. The van der Waals surface area contributed by atoms with E-state index in [0.29, 0.717) is 16.8 Å². The van der Waals surface area contributed by atoms with Gasteiger partial charge in [0, 0.05) is 12.2 Å². The lowest BCUT2D eigenvalue weighted by Gasteiger charge is -2.13. The lowest BCUT2D eigenvalue weighted by Crippen LogP contribution is -2.26. The van der Waals surface area contributed by atoms with Gasteiger partial charge in [0.05, 0.1) is 33.1 Å². The summed E-state index contributed by atoms with van der Waals surface area (Å²) in [4.78, 5) is 35.6. The predicted octanol–water partition coefficient (Wildman–Crippen LogP) is 4.28. The fourth-order valence-corrected chi connectivity index (χ4v) is 6.09. The molecule has 4 aromatic rings. The largest absolute Gasteiger partial charge is 0.301 e. The monoisotopic (exact) mass is 466 g/mol. The van der Waals surface area contributed by atoms with Crippen molar-refractivity contribution in [3.8, 4) is 0 Å². The van der Waals surface area contributed by atoms with E-state index in [1.807, 2.05) is 54.6 Å².